The summed E-state index contributed by atoms with van der Waals surface area (Å²) in [6, 6.07) is 19.0. The minimum atomic E-state index is -4.53. The van der Waals surface area contributed by atoms with Crippen LogP contribution in [0, 0.1) is 0 Å². The number of hydrogen-bond acceptors (Lipinski definition) is 6. The zero-order valence-corrected chi connectivity index (χ0v) is 27.4. The third-order valence-electron chi connectivity index (χ3n) is 9.43. The molecular formula is C36H39F3N4O3S. The van der Waals surface area contributed by atoms with Crippen molar-refractivity contribution in [3.05, 3.63) is 95.1 Å². The first kappa shape index (κ1) is 33.1. The number of sulfone groups is 1. The molecule has 1 atom stereocenters. The van der Waals surface area contributed by atoms with Gasteiger partial charge in [0.05, 0.1) is 33.3 Å². The molecule has 3 heterocycles. The fourth-order valence-electron chi connectivity index (χ4n) is 6.93. The smallest absolute Gasteiger partial charge is 0.345 e. The Hall–Kier alpha value is -3.80. The Morgan fingerprint density at radius 1 is 0.936 bits per heavy atom. The zero-order valence-electron chi connectivity index (χ0n) is 26.6. The molecule has 4 aromatic rings. The molecule has 11 heteroatoms. The maximum absolute atomic E-state index is 14.4. The minimum absolute atomic E-state index is 0.0497. The summed E-state index contributed by atoms with van der Waals surface area (Å²) in [5, 5.41) is 3.48. The van der Waals surface area contributed by atoms with E-state index in [1.54, 1.807) is 12.1 Å². The Balaban J connectivity index is 1.50. The molecule has 6 rings (SSSR count). The van der Waals surface area contributed by atoms with E-state index in [0.29, 0.717) is 34.8 Å². The molecular weight excluding hydrogens is 625 g/mol. The Bertz CT molecular complexity index is 1850. The number of carbonyl (C=O) groups excluding carboxylic acids is 1. The Kier molecular flexibility index (Phi) is 9.42. The highest BCUT2D eigenvalue weighted by atomic mass is 32.2. The van der Waals surface area contributed by atoms with Crippen LogP contribution in [0.5, 0.6) is 0 Å². The maximum atomic E-state index is 14.4. The van der Waals surface area contributed by atoms with Gasteiger partial charge in [-0.1, -0.05) is 54.6 Å². The van der Waals surface area contributed by atoms with Crippen LogP contribution < -0.4 is 5.32 Å². The van der Waals surface area contributed by atoms with Crippen LogP contribution in [0.4, 0.5) is 13.2 Å². The molecule has 1 N–H and O–H groups in total. The fourth-order valence-corrected chi connectivity index (χ4v) is 7.77. The second-order valence-electron chi connectivity index (χ2n) is 12.7. The third-order valence-corrected chi connectivity index (χ3v) is 10.6. The van der Waals surface area contributed by atoms with Crippen molar-refractivity contribution in [2.24, 2.45) is 0 Å². The lowest BCUT2D eigenvalue weighted by molar-refractivity contribution is -0.137. The number of aromatic nitrogens is 1. The van der Waals surface area contributed by atoms with E-state index in [2.05, 4.69) is 15.1 Å². The molecule has 2 aliphatic heterocycles. The number of benzene rings is 3. The summed E-state index contributed by atoms with van der Waals surface area (Å²) in [6.07, 6.45) is 0.934. The van der Waals surface area contributed by atoms with Gasteiger partial charge >= 0.3 is 6.18 Å². The quantitative estimate of drug-likeness (QED) is 0.221. The van der Waals surface area contributed by atoms with Gasteiger partial charge in [-0.2, -0.15) is 13.2 Å². The fraction of sp³-hybridized carbons (Fsp3) is 0.389. The standard InChI is InChI=1S/C36H39F3N4O3S/c1-24(25-9-4-3-5-10-25)40-35(44)32-29-11-8-12-31(47(2,45)46)34(29)41-33(26-13-15-27(16-14-26)36(37,38)39)30(32)23-42-21-17-28(18-22-42)43-19-6-7-20-43/h3-5,8-16,24,28H,6-7,17-23H2,1-2H3,(H,40,44)/t24-/m0/s1. The number of likely N-dealkylation sites (tertiary alicyclic amines) is 2. The number of rotatable bonds is 8. The molecule has 7 nitrogen and oxygen atoms in total. The van der Waals surface area contributed by atoms with E-state index in [1.807, 2.05) is 37.3 Å². The van der Waals surface area contributed by atoms with Gasteiger partial charge in [-0.3, -0.25) is 9.69 Å². The predicted molar refractivity (Wildman–Crippen MR) is 177 cm³/mol. The molecule has 47 heavy (non-hydrogen) atoms. The van der Waals surface area contributed by atoms with E-state index >= 15 is 0 Å². The number of alkyl halides is 3. The van der Waals surface area contributed by atoms with Crippen molar-refractivity contribution >= 4 is 26.6 Å². The van der Waals surface area contributed by atoms with Gasteiger partial charge in [0.1, 0.15) is 0 Å². The largest absolute Gasteiger partial charge is 0.416 e. The van der Waals surface area contributed by atoms with Crippen molar-refractivity contribution in [1.82, 2.24) is 20.1 Å². The first-order valence-electron chi connectivity index (χ1n) is 16.1. The monoisotopic (exact) mass is 664 g/mol. The van der Waals surface area contributed by atoms with Gasteiger partial charge in [0.2, 0.25) is 0 Å². The lowest BCUT2D eigenvalue weighted by Crippen LogP contribution is -2.43. The van der Waals surface area contributed by atoms with Gasteiger partial charge in [0.25, 0.3) is 5.91 Å². The van der Waals surface area contributed by atoms with E-state index < -0.39 is 27.5 Å². The summed E-state index contributed by atoms with van der Waals surface area (Å²) in [5.41, 5.74) is 1.69. The Labute approximate surface area is 273 Å². The van der Waals surface area contributed by atoms with Crippen LogP contribution in [0.25, 0.3) is 22.2 Å². The molecule has 248 valence electrons. The highest BCUT2D eigenvalue weighted by molar-refractivity contribution is 7.91. The first-order valence-corrected chi connectivity index (χ1v) is 17.9. The number of fused-ring (bicyclic) bond motifs is 1. The summed E-state index contributed by atoms with van der Waals surface area (Å²) in [7, 11) is -3.78. The van der Waals surface area contributed by atoms with Crippen molar-refractivity contribution in [3.8, 4) is 11.3 Å². The molecule has 2 saturated heterocycles. The predicted octanol–water partition coefficient (Wildman–Crippen LogP) is 6.88. The van der Waals surface area contributed by atoms with Gasteiger partial charge < -0.3 is 10.2 Å². The Morgan fingerprint density at radius 2 is 1.60 bits per heavy atom. The summed E-state index contributed by atoms with van der Waals surface area (Å²) in [5.74, 6) is -0.408. The maximum Gasteiger partial charge on any atom is 0.416 e. The van der Waals surface area contributed by atoms with Gasteiger partial charge in [-0.15, -0.1) is 0 Å². The minimum Gasteiger partial charge on any atom is -0.345 e. The molecule has 0 spiro atoms. The van der Waals surface area contributed by atoms with E-state index in [-0.39, 0.29) is 22.0 Å². The molecule has 1 amide bonds. The zero-order chi connectivity index (χ0) is 33.3. The van der Waals surface area contributed by atoms with Crippen molar-refractivity contribution < 1.29 is 26.4 Å². The van der Waals surface area contributed by atoms with Crippen LogP contribution in [-0.4, -0.2) is 67.6 Å². The van der Waals surface area contributed by atoms with Crippen LogP contribution in [0.2, 0.25) is 0 Å². The molecule has 2 aliphatic rings. The lowest BCUT2D eigenvalue weighted by atomic mass is 9.93. The van der Waals surface area contributed by atoms with Gasteiger partial charge in [0, 0.05) is 35.4 Å². The number of hydrogen-bond donors (Lipinski definition) is 1. The van der Waals surface area contributed by atoms with E-state index in [0.717, 1.165) is 63.0 Å². The van der Waals surface area contributed by atoms with Gasteiger partial charge in [-0.25, -0.2) is 13.4 Å². The number of amides is 1. The highest BCUT2D eigenvalue weighted by Gasteiger charge is 2.32. The second kappa shape index (κ2) is 13.4. The normalized spacial score (nSPS) is 17.6. The number of piperidine rings is 1. The molecule has 1 aromatic heterocycles. The highest BCUT2D eigenvalue weighted by Crippen LogP contribution is 2.37. The summed E-state index contributed by atoms with van der Waals surface area (Å²) in [6.45, 7) is 6.01. The van der Waals surface area contributed by atoms with Crippen LogP contribution in [0.15, 0.2) is 77.7 Å². The molecule has 0 aliphatic carbocycles. The number of carbonyl (C=O) groups is 1. The van der Waals surface area contributed by atoms with Gasteiger partial charge in [0.15, 0.2) is 9.84 Å². The molecule has 0 saturated carbocycles. The number of nitrogens with one attached hydrogen (secondary N) is 1. The number of pyridine rings is 1. The average Bonchev–Trinajstić information content (AvgIpc) is 3.59. The SMILES string of the molecule is C[C@H](NC(=O)c1c(CN2CCC(N3CCCC3)CC2)c(-c2ccc(C(F)(F)F)cc2)nc2c(S(C)(=O)=O)cccc12)c1ccccc1. The Morgan fingerprint density at radius 3 is 2.21 bits per heavy atom. The van der Waals surface area contributed by atoms with Crippen LogP contribution in [0.1, 0.15) is 65.7 Å². The van der Waals surface area contributed by atoms with E-state index in [4.69, 9.17) is 4.98 Å². The van der Waals surface area contributed by atoms with Crippen LogP contribution in [0.3, 0.4) is 0 Å². The summed E-state index contributed by atoms with van der Waals surface area (Å²) < 4.78 is 66.5. The summed E-state index contributed by atoms with van der Waals surface area (Å²) >= 11 is 0. The van der Waals surface area contributed by atoms with Crippen molar-refractivity contribution in [1.29, 1.82) is 0 Å². The van der Waals surface area contributed by atoms with Crippen molar-refractivity contribution in [3.63, 3.8) is 0 Å². The molecule has 0 bridgehead atoms. The molecule has 0 unspecified atom stereocenters. The molecule has 2 fully saturated rings. The van der Waals surface area contributed by atoms with Crippen molar-refractivity contribution in [2.45, 2.75) is 62.3 Å². The number of nitrogens with zero attached hydrogens (tertiary/aromatic N) is 3. The third kappa shape index (κ3) is 7.22. The van der Waals surface area contributed by atoms with Crippen LogP contribution in [-0.2, 0) is 22.6 Å². The average molecular weight is 665 g/mol. The van der Waals surface area contributed by atoms with Crippen LogP contribution >= 0.6 is 0 Å². The number of para-hydroxylation sites is 1. The first-order chi connectivity index (χ1) is 22.4. The van der Waals surface area contributed by atoms with Crippen molar-refractivity contribution in [2.75, 3.05) is 32.4 Å². The molecule has 0 radical (unpaired) electrons. The number of halogens is 3. The lowest BCUT2D eigenvalue weighted by Gasteiger charge is -2.37. The van der Waals surface area contributed by atoms with E-state index in [9.17, 15) is 26.4 Å². The summed E-state index contributed by atoms with van der Waals surface area (Å²) in [4.78, 5) is 24.0. The second-order valence-corrected chi connectivity index (χ2v) is 14.7. The van der Waals surface area contributed by atoms with E-state index in [1.165, 1.54) is 31.0 Å². The van der Waals surface area contributed by atoms with Gasteiger partial charge in [-0.05, 0) is 82.5 Å². The topological polar surface area (TPSA) is 82.6 Å². The molecule has 3 aromatic carbocycles.